The summed E-state index contributed by atoms with van der Waals surface area (Å²) in [5.41, 5.74) is 7.48. The Morgan fingerprint density at radius 2 is 2.10 bits per heavy atom. The van der Waals surface area contributed by atoms with E-state index in [-0.39, 0.29) is 0 Å². The Bertz CT molecular complexity index is 193. The van der Waals surface area contributed by atoms with Gasteiger partial charge in [-0.3, -0.25) is 4.98 Å². The molecule has 0 saturated heterocycles. The number of hydrogen-bond acceptors (Lipinski definition) is 2. The summed E-state index contributed by atoms with van der Waals surface area (Å²) in [5.74, 6) is 0. The fraction of sp³-hybridized carbons (Fsp3) is 0.286. The largest absolute Gasteiger partial charge is 0.325 e. The van der Waals surface area contributed by atoms with Crippen LogP contribution in [-0.2, 0) is 11.0 Å². The summed E-state index contributed by atoms with van der Waals surface area (Å²) in [6.07, 6.45) is 0. The molecule has 3 heteroatoms. The minimum absolute atomic E-state index is 0.532. The summed E-state index contributed by atoms with van der Waals surface area (Å²) < 4.78 is 0.950. The smallest absolute Gasteiger partial charge is 0.0543 e. The molecule has 2 nitrogen and oxygen atoms in total. The van der Waals surface area contributed by atoms with Crippen molar-refractivity contribution < 1.29 is 0 Å². The van der Waals surface area contributed by atoms with E-state index in [1.165, 1.54) is 0 Å². The average molecular weight is 248 g/mol. The van der Waals surface area contributed by atoms with E-state index < -0.39 is 0 Å². The van der Waals surface area contributed by atoms with Crippen LogP contribution in [-0.4, -0.2) is 4.98 Å². The first-order valence-corrected chi connectivity index (χ1v) is 4.60. The van der Waals surface area contributed by atoms with Crippen LogP contribution in [0.1, 0.15) is 11.4 Å². The minimum Gasteiger partial charge on any atom is -0.325 e. The second kappa shape index (κ2) is 3.88. The molecule has 0 spiro atoms. The second-order valence-electron chi connectivity index (χ2n) is 1.96. The Morgan fingerprint density at radius 3 is 2.70 bits per heavy atom. The standard InChI is InChI=1S/C7H9IN2/c8-4-6-2-1-3-7(5-9)10-6/h1-3H,4-5,9H2. The van der Waals surface area contributed by atoms with Crippen LogP contribution < -0.4 is 5.73 Å². The maximum Gasteiger partial charge on any atom is 0.0543 e. The maximum absolute atomic E-state index is 5.41. The molecule has 0 unspecified atom stereocenters. The predicted molar refractivity (Wildman–Crippen MR) is 49.9 cm³/mol. The topological polar surface area (TPSA) is 38.9 Å². The minimum atomic E-state index is 0.532. The van der Waals surface area contributed by atoms with Gasteiger partial charge in [0.15, 0.2) is 0 Å². The van der Waals surface area contributed by atoms with Crippen molar-refractivity contribution in [3.05, 3.63) is 29.6 Å². The monoisotopic (exact) mass is 248 g/mol. The van der Waals surface area contributed by atoms with Gasteiger partial charge in [-0.1, -0.05) is 28.7 Å². The van der Waals surface area contributed by atoms with Gasteiger partial charge < -0.3 is 5.73 Å². The molecule has 1 heterocycles. The summed E-state index contributed by atoms with van der Waals surface area (Å²) in [4.78, 5) is 4.28. The van der Waals surface area contributed by atoms with E-state index >= 15 is 0 Å². The molecule has 0 fully saturated rings. The zero-order valence-electron chi connectivity index (χ0n) is 5.55. The van der Waals surface area contributed by atoms with Crippen molar-refractivity contribution in [2.45, 2.75) is 11.0 Å². The van der Waals surface area contributed by atoms with E-state index in [9.17, 15) is 0 Å². The summed E-state index contributed by atoms with van der Waals surface area (Å²) in [5, 5.41) is 0. The van der Waals surface area contributed by atoms with E-state index in [1.54, 1.807) is 0 Å². The molecule has 1 aromatic rings. The van der Waals surface area contributed by atoms with Gasteiger partial charge in [0.25, 0.3) is 0 Å². The van der Waals surface area contributed by atoms with Crippen LogP contribution in [0.15, 0.2) is 18.2 Å². The van der Waals surface area contributed by atoms with Gasteiger partial charge in [-0.15, -0.1) is 0 Å². The van der Waals surface area contributed by atoms with Crippen molar-refractivity contribution in [2.75, 3.05) is 0 Å². The number of alkyl halides is 1. The lowest BCUT2D eigenvalue weighted by molar-refractivity contribution is 0.968. The Labute approximate surface area is 74.0 Å². The third-order valence-electron chi connectivity index (χ3n) is 1.21. The normalized spacial score (nSPS) is 9.80. The second-order valence-corrected chi connectivity index (χ2v) is 2.72. The van der Waals surface area contributed by atoms with Gasteiger partial charge in [0.05, 0.1) is 11.4 Å². The van der Waals surface area contributed by atoms with Crippen molar-refractivity contribution in [1.82, 2.24) is 4.98 Å². The van der Waals surface area contributed by atoms with Crippen molar-refractivity contribution in [2.24, 2.45) is 5.73 Å². The summed E-state index contributed by atoms with van der Waals surface area (Å²) >= 11 is 2.28. The highest BCUT2D eigenvalue weighted by Crippen LogP contribution is 2.02. The molecule has 54 valence electrons. The summed E-state index contributed by atoms with van der Waals surface area (Å²) in [7, 11) is 0. The maximum atomic E-state index is 5.41. The lowest BCUT2D eigenvalue weighted by atomic mass is 10.3. The van der Waals surface area contributed by atoms with Crippen LogP contribution in [0.4, 0.5) is 0 Å². The molecule has 1 rings (SSSR count). The Morgan fingerprint density at radius 1 is 1.40 bits per heavy atom. The fourth-order valence-corrected chi connectivity index (χ4v) is 1.14. The molecule has 0 aliphatic carbocycles. The lowest BCUT2D eigenvalue weighted by Gasteiger charge is -1.97. The Balaban J connectivity index is 2.87. The number of hydrogen-bond donors (Lipinski definition) is 1. The number of pyridine rings is 1. The van der Waals surface area contributed by atoms with Crippen molar-refractivity contribution in [3.63, 3.8) is 0 Å². The van der Waals surface area contributed by atoms with Gasteiger partial charge in [0.2, 0.25) is 0 Å². The highest BCUT2D eigenvalue weighted by molar-refractivity contribution is 14.1. The first kappa shape index (κ1) is 7.94. The third-order valence-corrected chi connectivity index (χ3v) is 1.99. The highest BCUT2D eigenvalue weighted by Gasteiger charge is 1.92. The molecule has 0 radical (unpaired) electrons. The lowest BCUT2D eigenvalue weighted by Crippen LogP contribution is -2.00. The van der Waals surface area contributed by atoms with Crippen LogP contribution in [0, 0.1) is 0 Å². The average Bonchev–Trinajstić information content (AvgIpc) is 2.05. The van der Waals surface area contributed by atoms with Gasteiger partial charge in [0.1, 0.15) is 0 Å². The summed E-state index contributed by atoms with van der Waals surface area (Å²) in [6.45, 7) is 0.532. The van der Waals surface area contributed by atoms with Gasteiger partial charge >= 0.3 is 0 Å². The molecule has 0 aliphatic heterocycles. The van der Waals surface area contributed by atoms with Crippen LogP contribution in [0.5, 0.6) is 0 Å². The van der Waals surface area contributed by atoms with E-state index in [0.29, 0.717) is 6.54 Å². The van der Waals surface area contributed by atoms with Gasteiger partial charge in [-0.25, -0.2) is 0 Å². The molecule has 10 heavy (non-hydrogen) atoms. The summed E-state index contributed by atoms with van der Waals surface area (Å²) in [6, 6.07) is 5.94. The van der Waals surface area contributed by atoms with Crippen molar-refractivity contribution in [3.8, 4) is 0 Å². The van der Waals surface area contributed by atoms with Crippen LogP contribution in [0.25, 0.3) is 0 Å². The number of nitrogens with two attached hydrogens (primary N) is 1. The zero-order valence-corrected chi connectivity index (χ0v) is 7.71. The Kier molecular flexibility index (Phi) is 3.08. The Hall–Kier alpha value is -0.160. The molecule has 0 bridgehead atoms. The molecule has 2 N–H and O–H groups in total. The number of halogens is 1. The van der Waals surface area contributed by atoms with E-state index in [4.69, 9.17) is 5.73 Å². The van der Waals surface area contributed by atoms with E-state index in [0.717, 1.165) is 15.8 Å². The molecule has 0 saturated carbocycles. The molecule has 0 atom stereocenters. The molecule has 0 aliphatic rings. The first-order chi connectivity index (χ1) is 4.86. The molecular formula is C7H9IN2. The van der Waals surface area contributed by atoms with Crippen molar-refractivity contribution in [1.29, 1.82) is 0 Å². The van der Waals surface area contributed by atoms with Crippen LogP contribution >= 0.6 is 22.6 Å². The number of rotatable bonds is 2. The third kappa shape index (κ3) is 1.91. The number of nitrogens with zero attached hydrogens (tertiary/aromatic N) is 1. The molecule has 1 aromatic heterocycles. The van der Waals surface area contributed by atoms with E-state index in [1.807, 2.05) is 18.2 Å². The molecule has 0 aromatic carbocycles. The van der Waals surface area contributed by atoms with Crippen LogP contribution in [0.3, 0.4) is 0 Å². The highest BCUT2D eigenvalue weighted by atomic mass is 127. The van der Waals surface area contributed by atoms with Crippen molar-refractivity contribution >= 4 is 22.6 Å². The zero-order chi connectivity index (χ0) is 7.40. The van der Waals surface area contributed by atoms with E-state index in [2.05, 4.69) is 27.6 Å². The van der Waals surface area contributed by atoms with Gasteiger partial charge in [0, 0.05) is 11.0 Å². The molecule has 0 amide bonds. The van der Waals surface area contributed by atoms with Gasteiger partial charge in [-0.2, -0.15) is 0 Å². The first-order valence-electron chi connectivity index (χ1n) is 3.07. The van der Waals surface area contributed by atoms with Gasteiger partial charge in [-0.05, 0) is 12.1 Å². The quantitative estimate of drug-likeness (QED) is 0.635. The predicted octanol–water partition coefficient (Wildman–Crippen LogP) is 1.48. The SMILES string of the molecule is NCc1cccc(CI)n1. The van der Waals surface area contributed by atoms with Crippen LogP contribution in [0.2, 0.25) is 0 Å². The fourth-order valence-electron chi connectivity index (χ4n) is 0.717. The number of aromatic nitrogens is 1. The molecular weight excluding hydrogens is 239 g/mol.